The summed E-state index contributed by atoms with van der Waals surface area (Å²) in [6.07, 6.45) is -1.56. The summed E-state index contributed by atoms with van der Waals surface area (Å²) in [4.78, 5) is 37.7. The van der Waals surface area contributed by atoms with Crippen molar-refractivity contribution in [3.05, 3.63) is 35.4 Å². The monoisotopic (exact) mass is 431 g/mol. The number of aliphatic hydroxyl groups is 2. The van der Waals surface area contributed by atoms with Gasteiger partial charge in [-0.05, 0) is 33.3 Å². The molecule has 3 rings (SSSR count). The van der Waals surface area contributed by atoms with Crippen LogP contribution in [0.3, 0.4) is 0 Å². The Labute approximate surface area is 210 Å². The van der Waals surface area contributed by atoms with Crippen molar-refractivity contribution in [1.29, 1.82) is 0 Å². The van der Waals surface area contributed by atoms with Crippen molar-refractivity contribution >= 4 is 29.4 Å². The van der Waals surface area contributed by atoms with Crippen LogP contribution in [0.25, 0.3) is 0 Å². The first-order valence-electron chi connectivity index (χ1n) is 8.62. The van der Waals surface area contributed by atoms with Crippen LogP contribution in [0.2, 0.25) is 0 Å². The van der Waals surface area contributed by atoms with Crippen LogP contribution in [0.15, 0.2) is 24.3 Å². The predicted octanol–water partition coefficient (Wildman–Crippen LogP) is -3.11. The quantitative estimate of drug-likeness (QED) is 0.288. The first-order chi connectivity index (χ1) is 12.4. The van der Waals surface area contributed by atoms with Gasteiger partial charge in [-0.1, -0.05) is 24.3 Å². The van der Waals surface area contributed by atoms with Crippen molar-refractivity contribution in [3.63, 3.8) is 0 Å². The van der Waals surface area contributed by atoms with Crippen molar-refractivity contribution in [3.8, 4) is 0 Å². The van der Waals surface area contributed by atoms with E-state index in [1.807, 2.05) is 0 Å². The van der Waals surface area contributed by atoms with E-state index >= 15 is 0 Å². The number of rotatable bonds is 5. The van der Waals surface area contributed by atoms with Crippen LogP contribution in [0.1, 0.15) is 43.6 Å². The molecule has 0 spiro atoms. The molecule has 0 bridgehead atoms. The fourth-order valence-electron chi connectivity index (χ4n) is 3.69. The molecule has 9 heteroatoms. The molecule has 1 aromatic carbocycles. The van der Waals surface area contributed by atoms with Crippen molar-refractivity contribution in [2.24, 2.45) is 5.92 Å². The Hall–Kier alpha value is -0.264. The Morgan fingerprint density at radius 1 is 1.25 bits per heavy atom. The molecule has 2 aliphatic rings. The van der Waals surface area contributed by atoms with E-state index in [4.69, 9.17) is 0 Å². The van der Waals surface area contributed by atoms with E-state index in [1.165, 1.54) is 28.8 Å². The van der Waals surface area contributed by atoms with Gasteiger partial charge in [-0.15, -0.1) is 11.8 Å². The van der Waals surface area contributed by atoms with Gasteiger partial charge in [-0.3, -0.25) is 9.59 Å². The van der Waals surface area contributed by atoms with Gasteiger partial charge in [0.1, 0.15) is 12.0 Å². The number of aliphatic hydroxyl groups excluding tert-OH is 1. The molecular weight excluding hydrogens is 409 g/mol. The van der Waals surface area contributed by atoms with Crippen LogP contribution >= 0.6 is 11.8 Å². The fourth-order valence-corrected chi connectivity index (χ4v) is 5.40. The fraction of sp³-hybridized carbons (Fsp3) is 0.526. The second-order valence-corrected chi connectivity index (χ2v) is 9.82. The molecule has 28 heavy (non-hydrogen) atoms. The Balaban J connectivity index is 0.00000280. The number of hydrogen-bond acceptors (Lipinski definition) is 7. The van der Waals surface area contributed by atoms with E-state index in [1.54, 1.807) is 39.8 Å². The predicted molar refractivity (Wildman–Crippen MR) is 96.6 cm³/mol. The third-order valence-corrected chi connectivity index (χ3v) is 6.78. The summed E-state index contributed by atoms with van der Waals surface area (Å²) >= 11 is 1.25. The molecule has 2 aliphatic heterocycles. The molecule has 0 radical (unpaired) electrons. The van der Waals surface area contributed by atoms with E-state index in [0.717, 1.165) is 0 Å². The Morgan fingerprint density at radius 3 is 2.25 bits per heavy atom. The van der Waals surface area contributed by atoms with Crippen molar-refractivity contribution in [1.82, 2.24) is 4.90 Å². The zero-order chi connectivity index (χ0) is 20.3. The van der Waals surface area contributed by atoms with Gasteiger partial charge in [0.15, 0.2) is 5.78 Å². The van der Waals surface area contributed by atoms with Gasteiger partial charge in [0, 0.05) is 10.3 Å². The van der Waals surface area contributed by atoms with Crippen LogP contribution in [0.5, 0.6) is 0 Å². The number of Topliss-reactive ketones (excluding diaryl/α,β-unsaturated/α-hetero) is 1. The largest absolute Gasteiger partial charge is 1.00 e. The summed E-state index contributed by atoms with van der Waals surface area (Å²) in [5.41, 5.74) is -0.221. The second kappa shape index (κ2) is 8.11. The van der Waals surface area contributed by atoms with Gasteiger partial charge in [0.2, 0.25) is 5.91 Å². The molecule has 2 heterocycles. The molecule has 2 fully saturated rings. The Morgan fingerprint density at radius 2 is 1.79 bits per heavy atom. The molecule has 0 saturated carbocycles. The summed E-state index contributed by atoms with van der Waals surface area (Å²) < 4.78 is -0.773. The smallest absolute Gasteiger partial charge is 0.548 e. The first-order valence-corrected chi connectivity index (χ1v) is 9.50. The third-order valence-electron chi connectivity index (χ3n) is 5.19. The first kappa shape index (κ1) is 24.0. The standard InChI is InChI=1S/C19H23NO6S.K/c1-18(2,26)10-7-5-9(6-8-10)12(21)13(22)11-15(23)20-14(17(24)25)19(3,4)27-16(11)20;/h5-8,11,13-14,16,22,26H,1-4H3,(H,24,25);/q;+1/p-1/t11-,13+,14+,16-;/m1./s1. The van der Waals surface area contributed by atoms with Crippen LogP contribution in [0.4, 0.5) is 0 Å². The van der Waals surface area contributed by atoms with Gasteiger partial charge in [-0.25, -0.2) is 0 Å². The zero-order valence-corrected chi connectivity index (χ0v) is 20.4. The molecule has 2 saturated heterocycles. The summed E-state index contributed by atoms with van der Waals surface area (Å²) in [6.45, 7) is 6.63. The molecule has 4 atom stereocenters. The number of carbonyl (C=O) groups excluding carboxylic acids is 3. The number of carboxylic acids is 1. The summed E-state index contributed by atoms with van der Waals surface area (Å²) in [5.74, 6) is -3.49. The molecule has 7 nitrogen and oxygen atoms in total. The second-order valence-electron chi connectivity index (χ2n) is 8.05. The molecule has 0 unspecified atom stereocenters. The number of β-lactam (4-membered cyclic amide) rings is 1. The maximum Gasteiger partial charge on any atom is 1.00 e. The number of amides is 1. The molecule has 1 aromatic rings. The number of benzene rings is 1. The van der Waals surface area contributed by atoms with Gasteiger partial charge < -0.3 is 25.0 Å². The number of fused-ring (bicyclic) bond motifs is 1. The van der Waals surface area contributed by atoms with Gasteiger partial charge in [0.25, 0.3) is 0 Å². The number of aliphatic carboxylic acids is 1. The molecule has 2 N–H and O–H groups in total. The van der Waals surface area contributed by atoms with E-state index in [9.17, 15) is 29.7 Å². The van der Waals surface area contributed by atoms with Gasteiger partial charge in [0.05, 0.1) is 23.0 Å². The SMILES string of the molecule is CC(C)(O)c1ccc(C(=O)[C@@H](O)[C@@H]2C(=O)N3[C@@H]2SC(C)(C)[C@@H]3C(=O)[O-])cc1.[K+]. The average Bonchev–Trinajstić information content (AvgIpc) is 2.81. The topological polar surface area (TPSA) is 118 Å². The van der Waals surface area contributed by atoms with Crippen LogP contribution < -0.4 is 56.5 Å². The number of nitrogens with zero attached hydrogens (tertiary/aromatic N) is 1. The molecule has 1 amide bonds. The van der Waals surface area contributed by atoms with Crippen molar-refractivity contribution in [2.75, 3.05) is 0 Å². The third kappa shape index (κ3) is 4.00. The zero-order valence-electron chi connectivity index (χ0n) is 16.5. The molecular formula is C19H22KNO6S. The molecule has 0 aromatic heterocycles. The average molecular weight is 432 g/mol. The van der Waals surface area contributed by atoms with Crippen molar-refractivity contribution in [2.45, 2.75) is 55.6 Å². The molecule has 146 valence electrons. The van der Waals surface area contributed by atoms with Crippen LogP contribution in [0, 0.1) is 5.92 Å². The minimum Gasteiger partial charge on any atom is -0.548 e. The maximum atomic E-state index is 12.6. The number of carbonyl (C=O) groups is 3. The summed E-state index contributed by atoms with van der Waals surface area (Å²) in [5, 5.41) is 31.3. The molecule has 0 aliphatic carbocycles. The minimum atomic E-state index is -1.56. The van der Waals surface area contributed by atoms with Crippen LogP contribution in [-0.4, -0.2) is 55.0 Å². The van der Waals surface area contributed by atoms with E-state index < -0.39 is 51.4 Å². The van der Waals surface area contributed by atoms with Gasteiger partial charge in [-0.2, -0.15) is 0 Å². The normalized spacial score (nSPS) is 26.7. The summed E-state index contributed by atoms with van der Waals surface area (Å²) in [7, 11) is 0. The number of thioether (sulfide) groups is 1. The van der Waals surface area contributed by atoms with E-state index in [-0.39, 0.29) is 56.9 Å². The van der Waals surface area contributed by atoms with Crippen LogP contribution in [-0.2, 0) is 15.2 Å². The number of ketones is 1. The summed E-state index contributed by atoms with van der Waals surface area (Å²) in [6, 6.07) is 5.08. The van der Waals surface area contributed by atoms with Crippen molar-refractivity contribution < 1.29 is 81.1 Å². The van der Waals surface area contributed by atoms with E-state index in [2.05, 4.69) is 0 Å². The Bertz CT molecular complexity index is 804. The van der Waals surface area contributed by atoms with Gasteiger partial charge >= 0.3 is 51.4 Å². The Kier molecular flexibility index (Phi) is 6.95. The minimum absolute atomic E-state index is 0. The maximum absolute atomic E-state index is 12.6. The van der Waals surface area contributed by atoms with E-state index in [0.29, 0.717) is 5.56 Å². The number of carboxylic acid groups (broad SMARTS) is 1. The number of hydrogen-bond donors (Lipinski definition) is 2.